The molecule has 0 unspecified atom stereocenters. The number of carbonyl (C=O) groups is 1. The summed E-state index contributed by atoms with van der Waals surface area (Å²) in [6.45, 7) is 1.71. The van der Waals surface area contributed by atoms with Crippen LogP contribution >= 0.6 is 11.3 Å². The fraction of sp³-hybridized carbons (Fsp3) is 0.0476. The van der Waals surface area contributed by atoms with E-state index in [1.54, 1.807) is 30.5 Å². The van der Waals surface area contributed by atoms with E-state index in [0.717, 1.165) is 22.3 Å². The Kier molecular flexibility index (Phi) is 5.39. The van der Waals surface area contributed by atoms with Crippen LogP contribution in [-0.2, 0) is 10.0 Å². The molecular weight excluding hydrogens is 422 g/mol. The zero-order chi connectivity index (χ0) is 21.1. The van der Waals surface area contributed by atoms with Gasteiger partial charge in [-0.2, -0.15) is 5.10 Å². The zero-order valence-corrected chi connectivity index (χ0v) is 17.5. The Bertz CT molecular complexity index is 1310. The third kappa shape index (κ3) is 4.12. The second-order valence-corrected chi connectivity index (χ2v) is 9.23. The number of furan rings is 1. The van der Waals surface area contributed by atoms with E-state index in [2.05, 4.69) is 15.2 Å². The molecule has 30 heavy (non-hydrogen) atoms. The van der Waals surface area contributed by atoms with Gasteiger partial charge in [0.1, 0.15) is 15.5 Å². The lowest BCUT2D eigenvalue weighted by molar-refractivity contribution is 0.0955. The molecule has 0 bridgehead atoms. The van der Waals surface area contributed by atoms with Crippen LogP contribution in [0.15, 0.2) is 85.8 Å². The molecule has 0 aliphatic carbocycles. The molecule has 4 rings (SSSR count). The molecule has 0 aliphatic heterocycles. The Hall–Kier alpha value is -3.43. The summed E-state index contributed by atoms with van der Waals surface area (Å²) in [5, 5.41) is 6.70. The van der Waals surface area contributed by atoms with Gasteiger partial charge in [-0.25, -0.2) is 13.8 Å². The number of rotatable bonds is 6. The van der Waals surface area contributed by atoms with Crippen molar-refractivity contribution in [1.82, 2.24) is 5.43 Å². The minimum absolute atomic E-state index is 0.152. The predicted molar refractivity (Wildman–Crippen MR) is 117 cm³/mol. The standard InChI is InChI=1S/C21H17N3O4S2/c1-14(19-13-15-7-2-5-10-18(15)28-19)22-23-21(25)16-8-3-4-9-17(16)24-30(26,27)20-11-6-12-29-20/h2-13,24H,1H3,(H,23,25)/b22-14-. The maximum absolute atomic E-state index is 12.7. The summed E-state index contributed by atoms with van der Waals surface area (Å²) in [6.07, 6.45) is 0. The van der Waals surface area contributed by atoms with Gasteiger partial charge < -0.3 is 4.42 Å². The fourth-order valence-electron chi connectivity index (χ4n) is 2.79. The van der Waals surface area contributed by atoms with Crippen molar-refractivity contribution in [3.8, 4) is 0 Å². The normalized spacial score (nSPS) is 12.1. The van der Waals surface area contributed by atoms with E-state index in [-0.39, 0.29) is 15.5 Å². The second kappa shape index (κ2) is 8.13. The highest BCUT2D eigenvalue weighted by atomic mass is 32.2. The molecule has 152 valence electrons. The number of para-hydroxylation sites is 2. The van der Waals surface area contributed by atoms with E-state index in [1.165, 1.54) is 18.2 Å². The van der Waals surface area contributed by atoms with Gasteiger partial charge in [-0.1, -0.05) is 36.4 Å². The number of sulfonamides is 1. The van der Waals surface area contributed by atoms with Gasteiger partial charge in [0.2, 0.25) is 0 Å². The Morgan fingerprint density at radius 3 is 2.57 bits per heavy atom. The van der Waals surface area contributed by atoms with Crippen LogP contribution in [-0.4, -0.2) is 20.0 Å². The average molecular weight is 440 g/mol. The summed E-state index contributed by atoms with van der Waals surface area (Å²) in [5.41, 5.74) is 3.98. The van der Waals surface area contributed by atoms with Crippen molar-refractivity contribution in [2.75, 3.05) is 4.72 Å². The zero-order valence-electron chi connectivity index (χ0n) is 15.8. The Labute approximate surface area is 177 Å². The fourth-order valence-corrected chi connectivity index (χ4v) is 4.86. The van der Waals surface area contributed by atoms with E-state index in [0.29, 0.717) is 11.5 Å². The van der Waals surface area contributed by atoms with E-state index >= 15 is 0 Å². The van der Waals surface area contributed by atoms with Crippen molar-refractivity contribution in [2.45, 2.75) is 11.1 Å². The molecule has 0 spiro atoms. The van der Waals surface area contributed by atoms with Crippen LogP contribution in [0.2, 0.25) is 0 Å². The number of hydrogen-bond donors (Lipinski definition) is 2. The minimum Gasteiger partial charge on any atom is -0.455 e. The van der Waals surface area contributed by atoms with E-state index in [1.807, 2.05) is 30.3 Å². The first-order chi connectivity index (χ1) is 14.4. The highest BCUT2D eigenvalue weighted by Gasteiger charge is 2.19. The molecule has 2 heterocycles. The number of amides is 1. The molecule has 2 N–H and O–H groups in total. The van der Waals surface area contributed by atoms with Crippen LogP contribution in [0.5, 0.6) is 0 Å². The third-order valence-electron chi connectivity index (χ3n) is 4.28. The molecule has 0 atom stereocenters. The van der Waals surface area contributed by atoms with Gasteiger partial charge in [0, 0.05) is 5.39 Å². The van der Waals surface area contributed by atoms with Crippen LogP contribution < -0.4 is 10.1 Å². The number of benzene rings is 2. The molecular formula is C21H17N3O4S2. The van der Waals surface area contributed by atoms with Crippen LogP contribution in [0.25, 0.3) is 11.0 Å². The summed E-state index contributed by atoms with van der Waals surface area (Å²) in [7, 11) is -3.78. The van der Waals surface area contributed by atoms with Crippen molar-refractivity contribution in [1.29, 1.82) is 0 Å². The minimum atomic E-state index is -3.78. The number of nitrogens with one attached hydrogen (secondary N) is 2. The molecule has 0 saturated heterocycles. The largest absolute Gasteiger partial charge is 0.455 e. The van der Waals surface area contributed by atoms with Gasteiger partial charge in [-0.3, -0.25) is 9.52 Å². The summed E-state index contributed by atoms with van der Waals surface area (Å²) < 4.78 is 33.4. The molecule has 4 aromatic rings. The molecule has 0 saturated carbocycles. The monoisotopic (exact) mass is 439 g/mol. The molecule has 1 amide bonds. The van der Waals surface area contributed by atoms with E-state index < -0.39 is 15.9 Å². The lowest BCUT2D eigenvalue weighted by Gasteiger charge is -2.10. The number of hydrogen-bond acceptors (Lipinski definition) is 6. The molecule has 9 heteroatoms. The summed E-state index contributed by atoms with van der Waals surface area (Å²) in [4.78, 5) is 12.7. The Morgan fingerprint density at radius 2 is 1.80 bits per heavy atom. The van der Waals surface area contributed by atoms with Crippen LogP contribution in [0, 0.1) is 0 Å². The van der Waals surface area contributed by atoms with Crippen molar-refractivity contribution in [3.05, 3.63) is 83.4 Å². The predicted octanol–water partition coefficient (Wildman–Crippen LogP) is 4.45. The summed E-state index contributed by atoms with van der Waals surface area (Å²) >= 11 is 1.09. The Morgan fingerprint density at radius 1 is 1.03 bits per heavy atom. The Balaban J connectivity index is 1.54. The SMILES string of the molecule is C/C(=N/NC(=O)c1ccccc1NS(=O)(=O)c1cccs1)c1cc2ccccc2o1. The van der Waals surface area contributed by atoms with Crippen LogP contribution in [0.1, 0.15) is 23.0 Å². The summed E-state index contributed by atoms with van der Waals surface area (Å²) in [6, 6.07) is 18.9. The van der Waals surface area contributed by atoms with Crippen molar-refractivity contribution < 1.29 is 17.6 Å². The lowest BCUT2D eigenvalue weighted by atomic mass is 10.2. The van der Waals surface area contributed by atoms with Crippen molar-refractivity contribution >= 4 is 49.6 Å². The van der Waals surface area contributed by atoms with Gasteiger partial charge in [0.15, 0.2) is 5.76 Å². The maximum atomic E-state index is 12.7. The smallest absolute Gasteiger partial charge is 0.273 e. The number of carbonyl (C=O) groups excluding carboxylic acids is 1. The van der Waals surface area contributed by atoms with Gasteiger partial charge in [-0.05, 0) is 42.6 Å². The topological polar surface area (TPSA) is 101 Å². The molecule has 0 fully saturated rings. The van der Waals surface area contributed by atoms with Crippen LogP contribution in [0.3, 0.4) is 0 Å². The molecule has 7 nitrogen and oxygen atoms in total. The second-order valence-electron chi connectivity index (χ2n) is 6.37. The van der Waals surface area contributed by atoms with Gasteiger partial charge in [-0.15, -0.1) is 11.3 Å². The number of fused-ring (bicyclic) bond motifs is 1. The van der Waals surface area contributed by atoms with Crippen molar-refractivity contribution in [2.24, 2.45) is 5.10 Å². The number of thiophene rings is 1. The third-order valence-corrected chi connectivity index (χ3v) is 7.05. The first kappa shape index (κ1) is 19.9. The molecule has 0 radical (unpaired) electrons. The van der Waals surface area contributed by atoms with Gasteiger partial charge >= 0.3 is 0 Å². The van der Waals surface area contributed by atoms with E-state index in [4.69, 9.17) is 4.42 Å². The van der Waals surface area contributed by atoms with Gasteiger partial charge in [0.25, 0.3) is 15.9 Å². The number of nitrogens with zero attached hydrogens (tertiary/aromatic N) is 1. The number of anilines is 1. The maximum Gasteiger partial charge on any atom is 0.273 e. The average Bonchev–Trinajstić information content (AvgIpc) is 3.42. The number of hydrazone groups is 1. The molecule has 0 aliphatic rings. The highest BCUT2D eigenvalue weighted by Crippen LogP contribution is 2.23. The highest BCUT2D eigenvalue weighted by molar-refractivity contribution is 7.94. The first-order valence-electron chi connectivity index (χ1n) is 8.93. The quantitative estimate of drug-likeness (QED) is 0.342. The molecule has 2 aromatic carbocycles. The van der Waals surface area contributed by atoms with Gasteiger partial charge in [0.05, 0.1) is 11.3 Å². The van der Waals surface area contributed by atoms with Crippen LogP contribution in [0.4, 0.5) is 5.69 Å². The first-order valence-corrected chi connectivity index (χ1v) is 11.3. The summed E-state index contributed by atoms with van der Waals surface area (Å²) in [5.74, 6) is -0.0156. The molecule has 2 aromatic heterocycles. The van der Waals surface area contributed by atoms with E-state index in [9.17, 15) is 13.2 Å². The lowest BCUT2D eigenvalue weighted by Crippen LogP contribution is -2.22. The van der Waals surface area contributed by atoms with Crippen molar-refractivity contribution in [3.63, 3.8) is 0 Å².